The molecule has 1 aromatic heterocycles. The first-order valence-electron chi connectivity index (χ1n) is 8.52. The second-order valence-corrected chi connectivity index (χ2v) is 8.04. The van der Waals surface area contributed by atoms with Crippen molar-refractivity contribution in [3.05, 3.63) is 24.3 Å². The van der Waals surface area contributed by atoms with Gasteiger partial charge in [-0.05, 0) is 63.7 Å². The normalized spacial score (nSPS) is 18.6. The number of nitrogens with zero attached hydrogens (tertiary/aromatic N) is 2. The first kappa shape index (κ1) is 17.0. The number of nitrogens with one attached hydrogen (secondary N) is 1. The molecule has 0 saturated carbocycles. The van der Waals surface area contributed by atoms with Crippen LogP contribution in [0.1, 0.15) is 40.0 Å². The Morgan fingerprint density at radius 2 is 2.17 bits per heavy atom. The Morgan fingerprint density at radius 1 is 1.38 bits per heavy atom. The SMILES string of the molecule is CC(C)(C)OC(=O)N1CCCC[C@H]1CNc1nsc2ccccc12. The molecule has 1 fully saturated rings. The van der Waals surface area contributed by atoms with Gasteiger partial charge in [0.2, 0.25) is 0 Å². The highest BCUT2D eigenvalue weighted by molar-refractivity contribution is 7.13. The number of hydrogen-bond donors (Lipinski definition) is 1. The molecule has 0 aliphatic carbocycles. The minimum absolute atomic E-state index is 0.147. The monoisotopic (exact) mass is 347 g/mol. The van der Waals surface area contributed by atoms with Crippen LogP contribution in [0.4, 0.5) is 10.6 Å². The topological polar surface area (TPSA) is 54.5 Å². The van der Waals surface area contributed by atoms with Crippen LogP contribution in [0.3, 0.4) is 0 Å². The van der Waals surface area contributed by atoms with Crippen LogP contribution < -0.4 is 5.32 Å². The minimum Gasteiger partial charge on any atom is -0.444 e. The van der Waals surface area contributed by atoms with Gasteiger partial charge in [-0.15, -0.1) is 0 Å². The summed E-state index contributed by atoms with van der Waals surface area (Å²) in [6.07, 6.45) is 2.96. The quantitative estimate of drug-likeness (QED) is 0.888. The molecule has 1 aromatic carbocycles. The van der Waals surface area contributed by atoms with E-state index in [-0.39, 0.29) is 12.1 Å². The van der Waals surface area contributed by atoms with E-state index in [0.717, 1.165) is 37.0 Å². The summed E-state index contributed by atoms with van der Waals surface area (Å²) in [5, 5.41) is 4.58. The summed E-state index contributed by atoms with van der Waals surface area (Å²) in [5.41, 5.74) is -0.461. The minimum atomic E-state index is -0.461. The fourth-order valence-corrected chi connectivity index (χ4v) is 3.76. The summed E-state index contributed by atoms with van der Waals surface area (Å²) in [6.45, 7) is 7.18. The molecule has 6 heteroatoms. The van der Waals surface area contributed by atoms with Crippen molar-refractivity contribution in [3.63, 3.8) is 0 Å². The standard InChI is InChI=1S/C18H25N3O2S/c1-18(2,3)23-17(22)21-11-7-6-8-13(21)12-19-16-14-9-4-5-10-15(14)24-20-16/h4-5,9-10,13H,6-8,11-12H2,1-3H3,(H,19,20)/t13-/m0/s1. The molecule has 1 aliphatic rings. The van der Waals surface area contributed by atoms with Gasteiger partial charge in [0.15, 0.2) is 0 Å². The van der Waals surface area contributed by atoms with Crippen molar-refractivity contribution in [2.45, 2.75) is 51.7 Å². The number of aromatic nitrogens is 1. The molecule has 2 aromatic rings. The third-order valence-corrected chi connectivity index (χ3v) is 4.96. The van der Waals surface area contributed by atoms with Gasteiger partial charge in [0.25, 0.3) is 0 Å². The van der Waals surface area contributed by atoms with E-state index >= 15 is 0 Å². The van der Waals surface area contributed by atoms with Crippen molar-refractivity contribution in [2.24, 2.45) is 0 Å². The molecule has 5 nitrogen and oxygen atoms in total. The number of ether oxygens (including phenoxy) is 1. The van der Waals surface area contributed by atoms with Crippen molar-refractivity contribution in [3.8, 4) is 0 Å². The van der Waals surface area contributed by atoms with E-state index < -0.39 is 5.60 Å². The van der Waals surface area contributed by atoms with Crippen LogP contribution in [-0.2, 0) is 4.74 Å². The van der Waals surface area contributed by atoms with E-state index in [4.69, 9.17) is 4.74 Å². The Balaban J connectivity index is 1.67. The van der Waals surface area contributed by atoms with Crippen LogP contribution in [0.5, 0.6) is 0 Å². The van der Waals surface area contributed by atoms with E-state index in [1.54, 1.807) is 0 Å². The number of piperidine rings is 1. The van der Waals surface area contributed by atoms with Gasteiger partial charge < -0.3 is 15.0 Å². The van der Waals surface area contributed by atoms with Crippen LogP contribution in [-0.4, -0.2) is 40.1 Å². The number of anilines is 1. The lowest BCUT2D eigenvalue weighted by atomic mass is 10.0. The van der Waals surface area contributed by atoms with E-state index in [1.165, 1.54) is 16.2 Å². The van der Waals surface area contributed by atoms with Crippen LogP contribution in [0.25, 0.3) is 10.1 Å². The van der Waals surface area contributed by atoms with E-state index in [0.29, 0.717) is 6.54 Å². The summed E-state index contributed by atoms with van der Waals surface area (Å²) in [6, 6.07) is 8.35. The Hall–Kier alpha value is -1.82. The number of carbonyl (C=O) groups excluding carboxylic acids is 1. The molecule has 130 valence electrons. The first-order chi connectivity index (χ1) is 11.4. The fraction of sp³-hybridized carbons (Fsp3) is 0.556. The number of rotatable bonds is 3. The number of likely N-dealkylation sites (tertiary alicyclic amines) is 1. The average Bonchev–Trinajstić information content (AvgIpc) is 2.95. The molecule has 24 heavy (non-hydrogen) atoms. The van der Waals surface area contributed by atoms with Gasteiger partial charge in [-0.1, -0.05) is 12.1 Å². The molecule has 0 radical (unpaired) electrons. The van der Waals surface area contributed by atoms with Crippen LogP contribution >= 0.6 is 11.5 Å². The van der Waals surface area contributed by atoms with Gasteiger partial charge in [-0.3, -0.25) is 0 Å². The van der Waals surface area contributed by atoms with E-state index in [2.05, 4.69) is 21.8 Å². The molecular weight excluding hydrogens is 322 g/mol. The van der Waals surface area contributed by atoms with Crippen molar-refractivity contribution < 1.29 is 9.53 Å². The van der Waals surface area contributed by atoms with Gasteiger partial charge in [0.1, 0.15) is 11.4 Å². The lowest BCUT2D eigenvalue weighted by molar-refractivity contribution is 0.0114. The van der Waals surface area contributed by atoms with Crippen LogP contribution in [0.2, 0.25) is 0 Å². The Bertz CT molecular complexity index is 708. The highest BCUT2D eigenvalue weighted by Gasteiger charge is 2.30. The Morgan fingerprint density at radius 3 is 2.96 bits per heavy atom. The number of fused-ring (bicyclic) bond motifs is 1. The third-order valence-electron chi connectivity index (χ3n) is 4.14. The zero-order valence-electron chi connectivity index (χ0n) is 14.5. The first-order valence-corrected chi connectivity index (χ1v) is 9.29. The molecule has 2 heterocycles. The number of hydrogen-bond acceptors (Lipinski definition) is 5. The van der Waals surface area contributed by atoms with Crippen molar-refractivity contribution >= 4 is 33.5 Å². The van der Waals surface area contributed by atoms with Crippen molar-refractivity contribution in [1.29, 1.82) is 0 Å². The van der Waals surface area contributed by atoms with Gasteiger partial charge in [-0.2, -0.15) is 4.37 Å². The maximum absolute atomic E-state index is 12.5. The highest BCUT2D eigenvalue weighted by Crippen LogP contribution is 2.27. The van der Waals surface area contributed by atoms with E-state index in [1.807, 2.05) is 37.8 Å². The molecular formula is C18H25N3O2S. The summed E-state index contributed by atoms with van der Waals surface area (Å²) < 4.78 is 11.2. The van der Waals surface area contributed by atoms with E-state index in [9.17, 15) is 4.79 Å². The van der Waals surface area contributed by atoms with Crippen LogP contribution in [0, 0.1) is 0 Å². The number of amides is 1. The Kier molecular flexibility index (Phi) is 4.94. The fourth-order valence-electron chi connectivity index (χ4n) is 3.00. The predicted octanol–water partition coefficient (Wildman–Crippen LogP) is 4.50. The van der Waals surface area contributed by atoms with Crippen LogP contribution in [0.15, 0.2) is 24.3 Å². The van der Waals surface area contributed by atoms with Gasteiger partial charge in [0.05, 0.1) is 10.7 Å². The summed E-state index contributed by atoms with van der Waals surface area (Å²) >= 11 is 1.50. The molecule has 0 spiro atoms. The summed E-state index contributed by atoms with van der Waals surface area (Å²) in [4.78, 5) is 14.3. The molecule has 3 rings (SSSR count). The molecule has 1 amide bonds. The molecule has 1 aliphatic heterocycles. The lowest BCUT2D eigenvalue weighted by Crippen LogP contribution is -2.48. The summed E-state index contributed by atoms with van der Waals surface area (Å²) in [7, 11) is 0. The number of carbonyl (C=O) groups is 1. The number of benzene rings is 1. The maximum Gasteiger partial charge on any atom is 0.410 e. The molecule has 1 saturated heterocycles. The maximum atomic E-state index is 12.5. The molecule has 0 unspecified atom stereocenters. The largest absolute Gasteiger partial charge is 0.444 e. The van der Waals surface area contributed by atoms with Gasteiger partial charge in [-0.25, -0.2) is 4.79 Å². The average molecular weight is 347 g/mol. The highest BCUT2D eigenvalue weighted by atomic mass is 32.1. The zero-order valence-corrected chi connectivity index (χ0v) is 15.4. The molecule has 1 atom stereocenters. The van der Waals surface area contributed by atoms with Crippen molar-refractivity contribution in [1.82, 2.24) is 9.27 Å². The van der Waals surface area contributed by atoms with Gasteiger partial charge >= 0.3 is 6.09 Å². The zero-order chi connectivity index (χ0) is 17.2. The third kappa shape index (κ3) is 3.98. The van der Waals surface area contributed by atoms with Gasteiger partial charge in [0, 0.05) is 18.5 Å². The lowest BCUT2D eigenvalue weighted by Gasteiger charge is -2.36. The second kappa shape index (κ2) is 6.97. The summed E-state index contributed by atoms with van der Waals surface area (Å²) in [5.74, 6) is 0.908. The Labute approximate surface area is 147 Å². The smallest absolute Gasteiger partial charge is 0.410 e. The predicted molar refractivity (Wildman–Crippen MR) is 98.7 cm³/mol. The van der Waals surface area contributed by atoms with Crippen molar-refractivity contribution in [2.75, 3.05) is 18.4 Å². The molecule has 0 bridgehead atoms. The molecule has 1 N–H and O–H groups in total. The second-order valence-electron chi connectivity index (χ2n) is 7.23.